The molecule has 120 valence electrons. The summed E-state index contributed by atoms with van der Waals surface area (Å²) >= 11 is 9.32. The minimum Gasteiger partial charge on any atom is -0.364 e. The SMILES string of the molecule is C=N/C(=C(\SCN)N1CCC2NCCC2C1)c1cc(Cl)cs1. The molecular weight excluding hydrogens is 336 g/mol. The summed E-state index contributed by atoms with van der Waals surface area (Å²) in [6.07, 6.45) is 2.43. The molecule has 2 aliphatic heterocycles. The predicted octanol–water partition coefficient (Wildman–Crippen LogP) is 3.06. The number of nitrogens with zero attached hydrogens (tertiary/aromatic N) is 2. The summed E-state index contributed by atoms with van der Waals surface area (Å²) < 4.78 is 0. The van der Waals surface area contributed by atoms with Gasteiger partial charge >= 0.3 is 0 Å². The Morgan fingerprint density at radius 1 is 1.59 bits per heavy atom. The highest BCUT2D eigenvalue weighted by molar-refractivity contribution is 8.03. The van der Waals surface area contributed by atoms with Crippen molar-refractivity contribution in [2.75, 3.05) is 25.5 Å². The van der Waals surface area contributed by atoms with Crippen molar-refractivity contribution in [3.63, 3.8) is 0 Å². The van der Waals surface area contributed by atoms with Crippen LogP contribution in [-0.4, -0.2) is 43.2 Å². The van der Waals surface area contributed by atoms with Crippen LogP contribution in [0, 0.1) is 5.92 Å². The second-order valence-electron chi connectivity index (χ2n) is 5.60. The van der Waals surface area contributed by atoms with E-state index in [-0.39, 0.29) is 0 Å². The summed E-state index contributed by atoms with van der Waals surface area (Å²) in [5, 5.41) is 7.42. The molecule has 3 rings (SSSR count). The molecule has 0 radical (unpaired) electrons. The van der Waals surface area contributed by atoms with E-state index < -0.39 is 0 Å². The van der Waals surface area contributed by atoms with Crippen molar-refractivity contribution in [2.24, 2.45) is 16.6 Å². The topological polar surface area (TPSA) is 53.6 Å². The zero-order valence-electron chi connectivity index (χ0n) is 12.4. The van der Waals surface area contributed by atoms with Gasteiger partial charge in [0.05, 0.1) is 14.9 Å². The molecule has 4 nitrogen and oxygen atoms in total. The molecule has 0 spiro atoms. The van der Waals surface area contributed by atoms with E-state index in [0.717, 1.165) is 46.2 Å². The Morgan fingerprint density at radius 3 is 3.14 bits per heavy atom. The van der Waals surface area contributed by atoms with Crippen molar-refractivity contribution in [3.05, 3.63) is 26.4 Å². The molecule has 0 aliphatic carbocycles. The molecule has 7 heteroatoms. The number of fused-ring (bicyclic) bond motifs is 1. The number of thiophene rings is 1. The molecule has 0 amide bonds. The number of nitrogens with one attached hydrogen (secondary N) is 1. The van der Waals surface area contributed by atoms with Crippen molar-refractivity contribution in [2.45, 2.75) is 18.9 Å². The Kier molecular flexibility index (Phi) is 5.46. The molecule has 0 saturated carbocycles. The van der Waals surface area contributed by atoms with E-state index in [4.69, 9.17) is 17.3 Å². The van der Waals surface area contributed by atoms with Crippen LogP contribution >= 0.6 is 34.7 Å². The van der Waals surface area contributed by atoms with Gasteiger partial charge in [0.15, 0.2) is 0 Å². The first-order valence-electron chi connectivity index (χ1n) is 7.49. The van der Waals surface area contributed by atoms with Gasteiger partial charge < -0.3 is 16.0 Å². The Bertz CT molecular complexity index is 572. The van der Waals surface area contributed by atoms with Gasteiger partial charge in [-0.3, -0.25) is 4.99 Å². The minimum atomic E-state index is 0.538. The number of nitrogens with two attached hydrogens (primary N) is 1. The number of rotatable bonds is 5. The molecule has 2 atom stereocenters. The van der Waals surface area contributed by atoms with Gasteiger partial charge in [-0.05, 0) is 38.1 Å². The number of halogens is 1. The van der Waals surface area contributed by atoms with Gasteiger partial charge in [-0.15, -0.1) is 11.3 Å². The summed E-state index contributed by atoms with van der Waals surface area (Å²) in [6, 6.07) is 2.63. The number of thioether (sulfide) groups is 1. The largest absolute Gasteiger partial charge is 0.364 e. The number of piperidine rings is 1. The van der Waals surface area contributed by atoms with Gasteiger partial charge in [0, 0.05) is 30.4 Å². The Labute approximate surface area is 144 Å². The molecule has 3 heterocycles. The lowest BCUT2D eigenvalue weighted by molar-refractivity contribution is 0.213. The van der Waals surface area contributed by atoms with Gasteiger partial charge in [-0.25, -0.2) is 0 Å². The summed E-state index contributed by atoms with van der Waals surface area (Å²) in [4.78, 5) is 7.79. The van der Waals surface area contributed by atoms with Gasteiger partial charge in [0.2, 0.25) is 0 Å². The van der Waals surface area contributed by atoms with Crippen molar-refractivity contribution in [1.29, 1.82) is 0 Å². The van der Waals surface area contributed by atoms with Crippen LogP contribution in [0.25, 0.3) is 5.70 Å². The molecule has 2 saturated heterocycles. The van der Waals surface area contributed by atoms with E-state index in [1.807, 2.05) is 11.4 Å². The minimum absolute atomic E-state index is 0.538. The molecule has 1 aromatic heterocycles. The van der Waals surface area contributed by atoms with Crippen LogP contribution in [0.1, 0.15) is 17.7 Å². The zero-order valence-corrected chi connectivity index (χ0v) is 14.8. The van der Waals surface area contributed by atoms with Gasteiger partial charge in [-0.1, -0.05) is 23.4 Å². The third kappa shape index (κ3) is 3.36. The summed E-state index contributed by atoms with van der Waals surface area (Å²) in [5.41, 5.74) is 6.74. The molecule has 1 aromatic rings. The maximum absolute atomic E-state index is 6.07. The van der Waals surface area contributed by atoms with E-state index in [0.29, 0.717) is 11.9 Å². The third-order valence-electron chi connectivity index (χ3n) is 4.32. The van der Waals surface area contributed by atoms with Crippen LogP contribution in [0.3, 0.4) is 0 Å². The van der Waals surface area contributed by atoms with E-state index in [1.165, 1.54) is 12.8 Å². The smallest absolute Gasteiger partial charge is 0.109 e. The number of likely N-dealkylation sites (tertiary alicyclic amines) is 1. The van der Waals surface area contributed by atoms with Crippen LogP contribution in [0.2, 0.25) is 5.02 Å². The Hall–Kier alpha value is -0.530. The van der Waals surface area contributed by atoms with E-state index >= 15 is 0 Å². The highest BCUT2D eigenvalue weighted by Gasteiger charge is 2.34. The lowest BCUT2D eigenvalue weighted by atomic mass is 9.93. The average Bonchev–Trinajstić information content (AvgIpc) is 3.15. The highest BCUT2D eigenvalue weighted by atomic mass is 35.5. The number of hydrogen-bond donors (Lipinski definition) is 2. The number of aliphatic imine (C=N–C) groups is 1. The Balaban J connectivity index is 1.90. The molecule has 0 aromatic carbocycles. The molecule has 22 heavy (non-hydrogen) atoms. The summed E-state index contributed by atoms with van der Waals surface area (Å²) in [5.74, 6) is 1.26. The van der Waals surface area contributed by atoms with Crippen molar-refractivity contribution >= 4 is 47.1 Å². The standard InChI is InChI=1S/C15H21ClN4S2/c1-18-14(13-6-11(16)8-21-13)15(22-9-17)20-5-3-12-10(7-20)2-4-19-12/h6,8,10,12,19H,1-5,7,9,17H2/b15-14-. The number of hydrogen-bond acceptors (Lipinski definition) is 6. The average molecular weight is 357 g/mol. The molecule has 0 bridgehead atoms. The fourth-order valence-corrected chi connectivity index (χ4v) is 5.27. The molecule has 2 unspecified atom stereocenters. The fourth-order valence-electron chi connectivity index (χ4n) is 3.31. The van der Waals surface area contributed by atoms with Gasteiger partial charge in [0.25, 0.3) is 0 Å². The first kappa shape index (κ1) is 16.3. The predicted molar refractivity (Wildman–Crippen MR) is 98.5 cm³/mol. The van der Waals surface area contributed by atoms with Crippen molar-refractivity contribution in [3.8, 4) is 0 Å². The molecule has 3 N–H and O–H groups in total. The Morgan fingerprint density at radius 2 is 2.45 bits per heavy atom. The van der Waals surface area contributed by atoms with Crippen LogP contribution in [0.4, 0.5) is 0 Å². The first-order chi connectivity index (χ1) is 10.7. The zero-order chi connectivity index (χ0) is 15.5. The van der Waals surface area contributed by atoms with E-state index in [9.17, 15) is 0 Å². The lowest BCUT2D eigenvalue weighted by Crippen LogP contribution is -2.43. The van der Waals surface area contributed by atoms with Crippen LogP contribution < -0.4 is 11.1 Å². The van der Waals surface area contributed by atoms with Gasteiger partial charge in [0.1, 0.15) is 5.70 Å². The maximum atomic E-state index is 6.07. The molecule has 2 fully saturated rings. The van der Waals surface area contributed by atoms with Crippen LogP contribution in [0.15, 0.2) is 21.5 Å². The third-order valence-corrected chi connectivity index (χ3v) is 6.50. The molecule has 2 aliphatic rings. The van der Waals surface area contributed by atoms with Crippen molar-refractivity contribution in [1.82, 2.24) is 10.2 Å². The maximum Gasteiger partial charge on any atom is 0.109 e. The summed E-state index contributed by atoms with van der Waals surface area (Å²) in [7, 11) is 0. The lowest BCUT2D eigenvalue weighted by Gasteiger charge is -2.37. The highest BCUT2D eigenvalue weighted by Crippen LogP contribution is 2.37. The molecular formula is C15H21ClN4S2. The van der Waals surface area contributed by atoms with E-state index in [1.54, 1.807) is 23.1 Å². The first-order valence-corrected chi connectivity index (χ1v) is 9.74. The quantitative estimate of drug-likeness (QED) is 0.629. The van der Waals surface area contributed by atoms with Crippen LogP contribution in [-0.2, 0) is 0 Å². The second-order valence-corrected chi connectivity index (χ2v) is 7.95. The van der Waals surface area contributed by atoms with Crippen LogP contribution in [0.5, 0.6) is 0 Å². The second kappa shape index (κ2) is 7.36. The fraction of sp³-hybridized carbons (Fsp3) is 0.533. The normalized spacial score (nSPS) is 25.8. The summed E-state index contributed by atoms with van der Waals surface area (Å²) in [6.45, 7) is 7.02. The van der Waals surface area contributed by atoms with Gasteiger partial charge in [-0.2, -0.15) is 0 Å². The van der Waals surface area contributed by atoms with E-state index in [2.05, 4.69) is 21.9 Å². The van der Waals surface area contributed by atoms with Crippen molar-refractivity contribution < 1.29 is 0 Å². The monoisotopic (exact) mass is 356 g/mol.